The number of aromatic nitrogens is 4. The summed E-state index contributed by atoms with van der Waals surface area (Å²) in [6.45, 7) is 0. The first-order valence-electron chi connectivity index (χ1n) is 14.8. The molecule has 46 heavy (non-hydrogen) atoms. The highest BCUT2D eigenvalue weighted by Gasteiger charge is 2.10. The normalized spacial score (nSPS) is 10.8. The van der Waals surface area contributed by atoms with Crippen molar-refractivity contribution in [1.82, 2.24) is 19.9 Å². The van der Waals surface area contributed by atoms with Crippen LogP contribution in [-0.2, 0) is 0 Å². The van der Waals surface area contributed by atoms with E-state index in [1.807, 2.05) is 84.9 Å². The lowest BCUT2D eigenvalue weighted by molar-refractivity contribution is 1.18. The summed E-state index contributed by atoms with van der Waals surface area (Å²) < 4.78 is 0. The molecule has 220 valence electrons. The fourth-order valence-corrected chi connectivity index (χ4v) is 5.63. The highest BCUT2D eigenvalue weighted by molar-refractivity contribution is 6.30. The second kappa shape index (κ2) is 13.3. The van der Waals surface area contributed by atoms with Crippen LogP contribution in [0.1, 0.15) is 0 Å². The summed E-state index contributed by atoms with van der Waals surface area (Å²) in [5, 5.41) is 5.67. The largest absolute Gasteiger partial charge is 0.228 e. The molecule has 6 aromatic carbocycles. The highest BCUT2D eigenvalue weighted by Crippen LogP contribution is 2.28. The van der Waals surface area contributed by atoms with E-state index in [1.165, 1.54) is 21.5 Å². The summed E-state index contributed by atoms with van der Waals surface area (Å²) in [7, 11) is 0. The lowest BCUT2D eigenvalue weighted by Gasteiger charge is -2.07. The van der Waals surface area contributed by atoms with Crippen LogP contribution in [0.2, 0.25) is 10.3 Å². The summed E-state index contributed by atoms with van der Waals surface area (Å²) in [6.07, 6.45) is 0. The van der Waals surface area contributed by atoms with E-state index in [9.17, 15) is 0 Å². The van der Waals surface area contributed by atoms with Gasteiger partial charge in [0, 0.05) is 34.4 Å². The minimum atomic E-state index is 0.446. The van der Waals surface area contributed by atoms with Crippen LogP contribution < -0.4 is 0 Å². The molecular weight excluding hydrogens is 607 g/mol. The van der Waals surface area contributed by atoms with Crippen LogP contribution in [0.3, 0.4) is 0 Å². The van der Waals surface area contributed by atoms with Crippen molar-refractivity contribution in [2.45, 2.75) is 0 Å². The molecule has 4 nitrogen and oxygen atoms in total. The van der Waals surface area contributed by atoms with Gasteiger partial charge in [-0.3, -0.25) is 0 Å². The molecule has 6 heteroatoms. The number of benzene rings is 6. The Labute approximate surface area is 277 Å². The zero-order valence-electron chi connectivity index (χ0n) is 24.6. The van der Waals surface area contributed by atoms with Crippen LogP contribution in [0.15, 0.2) is 158 Å². The average Bonchev–Trinajstić information content (AvgIpc) is 3.12. The lowest BCUT2D eigenvalue weighted by atomic mass is 10.0. The summed E-state index contributed by atoms with van der Waals surface area (Å²) in [5.41, 5.74) is 5.63. The monoisotopic (exact) mass is 632 g/mol. The van der Waals surface area contributed by atoms with E-state index in [1.54, 1.807) is 12.1 Å². The molecule has 2 aromatic heterocycles. The second-order valence-corrected chi connectivity index (χ2v) is 11.4. The van der Waals surface area contributed by atoms with Gasteiger partial charge in [-0.15, -0.1) is 0 Å². The maximum atomic E-state index is 6.22. The SMILES string of the molecule is Clc1cc(-c2ccc3ccccc3c2)nc(-c2ccccc2)n1.Clc1cc(-c2ccc3ccccc3c2)nc(-c2ccccc2)n1. The Morgan fingerprint density at radius 3 is 1.09 bits per heavy atom. The fourth-order valence-electron chi connectivity index (χ4n) is 5.26. The number of fused-ring (bicyclic) bond motifs is 2. The minimum absolute atomic E-state index is 0.446. The molecule has 0 aliphatic heterocycles. The number of hydrogen-bond donors (Lipinski definition) is 0. The Bertz CT molecular complexity index is 2130. The van der Waals surface area contributed by atoms with Crippen LogP contribution in [0.25, 0.3) is 66.8 Å². The average molecular weight is 634 g/mol. The van der Waals surface area contributed by atoms with E-state index in [0.29, 0.717) is 22.0 Å². The highest BCUT2D eigenvalue weighted by atomic mass is 35.5. The zero-order valence-corrected chi connectivity index (χ0v) is 26.1. The summed E-state index contributed by atoms with van der Waals surface area (Å²) in [6, 6.07) is 52.5. The third-order valence-electron chi connectivity index (χ3n) is 7.54. The topological polar surface area (TPSA) is 51.6 Å². The van der Waals surface area contributed by atoms with Crippen molar-refractivity contribution in [3.63, 3.8) is 0 Å². The van der Waals surface area contributed by atoms with Gasteiger partial charge < -0.3 is 0 Å². The molecular formula is C40H26Cl2N4. The van der Waals surface area contributed by atoms with Gasteiger partial charge in [0.15, 0.2) is 11.6 Å². The number of nitrogens with zero attached hydrogens (tertiary/aromatic N) is 4. The maximum absolute atomic E-state index is 6.22. The van der Waals surface area contributed by atoms with Crippen molar-refractivity contribution in [2.24, 2.45) is 0 Å². The second-order valence-electron chi connectivity index (χ2n) is 10.7. The van der Waals surface area contributed by atoms with E-state index in [4.69, 9.17) is 23.2 Å². The standard InChI is InChI=1S/2C20H13ClN2/c2*21-19-13-18(22-20(23-19)15-7-2-1-3-8-15)17-11-10-14-6-4-5-9-16(14)12-17/h2*1-13H. The molecule has 8 rings (SSSR count). The zero-order chi connectivity index (χ0) is 31.3. The Balaban J connectivity index is 0.000000147. The molecule has 0 amide bonds. The van der Waals surface area contributed by atoms with Crippen molar-refractivity contribution in [1.29, 1.82) is 0 Å². The van der Waals surface area contributed by atoms with Crippen LogP contribution in [0.5, 0.6) is 0 Å². The summed E-state index contributed by atoms with van der Waals surface area (Å²) in [5.74, 6) is 1.28. The Morgan fingerprint density at radius 2 is 0.674 bits per heavy atom. The van der Waals surface area contributed by atoms with Crippen molar-refractivity contribution in [2.75, 3.05) is 0 Å². The van der Waals surface area contributed by atoms with Crippen LogP contribution >= 0.6 is 23.2 Å². The quantitative estimate of drug-likeness (QED) is 0.181. The first kappa shape index (κ1) is 29.3. The Kier molecular flexibility index (Phi) is 8.46. The molecule has 0 saturated heterocycles. The first-order chi connectivity index (χ1) is 22.6. The van der Waals surface area contributed by atoms with Gasteiger partial charge in [-0.05, 0) is 33.7 Å². The molecule has 0 N–H and O–H groups in total. The van der Waals surface area contributed by atoms with Crippen molar-refractivity contribution in [3.8, 4) is 45.3 Å². The molecule has 0 spiro atoms. The Morgan fingerprint density at radius 1 is 0.304 bits per heavy atom. The molecule has 0 atom stereocenters. The van der Waals surface area contributed by atoms with Gasteiger partial charge in [0.2, 0.25) is 0 Å². The predicted octanol–water partition coefficient (Wildman–Crippen LogP) is 11.2. The van der Waals surface area contributed by atoms with Gasteiger partial charge in [0.05, 0.1) is 11.4 Å². The smallest absolute Gasteiger partial charge is 0.161 e. The van der Waals surface area contributed by atoms with Gasteiger partial charge in [0.1, 0.15) is 10.3 Å². The summed E-state index contributed by atoms with van der Waals surface area (Å²) >= 11 is 12.4. The molecule has 0 radical (unpaired) electrons. The van der Waals surface area contributed by atoms with Crippen LogP contribution in [0.4, 0.5) is 0 Å². The van der Waals surface area contributed by atoms with Crippen molar-refractivity contribution < 1.29 is 0 Å². The van der Waals surface area contributed by atoms with Crippen LogP contribution in [-0.4, -0.2) is 19.9 Å². The molecule has 0 aliphatic rings. The molecule has 8 aromatic rings. The van der Waals surface area contributed by atoms with Gasteiger partial charge >= 0.3 is 0 Å². The van der Waals surface area contributed by atoms with Gasteiger partial charge in [-0.25, -0.2) is 19.9 Å². The minimum Gasteiger partial charge on any atom is -0.228 e. The van der Waals surface area contributed by atoms with E-state index < -0.39 is 0 Å². The first-order valence-corrected chi connectivity index (χ1v) is 15.5. The third kappa shape index (κ3) is 6.64. The number of halogens is 2. The molecule has 0 saturated carbocycles. The number of hydrogen-bond acceptors (Lipinski definition) is 4. The molecule has 0 bridgehead atoms. The van der Waals surface area contributed by atoms with Crippen molar-refractivity contribution in [3.05, 3.63) is 168 Å². The molecule has 0 unspecified atom stereocenters. The van der Waals surface area contributed by atoms with Gasteiger partial charge in [-0.1, -0.05) is 157 Å². The molecule has 0 aliphatic carbocycles. The van der Waals surface area contributed by atoms with Gasteiger partial charge in [-0.2, -0.15) is 0 Å². The molecule has 2 heterocycles. The predicted molar refractivity (Wildman–Crippen MR) is 191 cm³/mol. The fraction of sp³-hybridized carbons (Fsp3) is 0. The Hall–Kier alpha value is -5.42. The van der Waals surface area contributed by atoms with E-state index in [0.717, 1.165) is 33.6 Å². The molecule has 0 fully saturated rings. The number of rotatable bonds is 4. The van der Waals surface area contributed by atoms with Crippen molar-refractivity contribution >= 4 is 44.7 Å². The summed E-state index contributed by atoms with van der Waals surface area (Å²) in [4.78, 5) is 18.1. The third-order valence-corrected chi connectivity index (χ3v) is 7.93. The lowest BCUT2D eigenvalue weighted by Crippen LogP contribution is -1.93. The van der Waals surface area contributed by atoms with E-state index in [-0.39, 0.29) is 0 Å². The van der Waals surface area contributed by atoms with Gasteiger partial charge in [0.25, 0.3) is 0 Å². The van der Waals surface area contributed by atoms with Crippen LogP contribution in [0, 0.1) is 0 Å². The van der Waals surface area contributed by atoms with E-state index >= 15 is 0 Å². The maximum Gasteiger partial charge on any atom is 0.161 e. The van der Waals surface area contributed by atoms with E-state index in [2.05, 4.69) is 80.6 Å².